The maximum absolute atomic E-state index is 12.7. The lowest BCUT2D eigenvalue weighted by molar-refractivity contribution is -0.186. The molecular weight excluding hydrogens is 309 g/mol. The monoisotopic (exact) mass is 324 g/mol. The maximum atomic E-state index is 12.7. The highest BCUT2D eigenvalue weighted by Crippen LogP contribution is 2.25. The van der Waals surface area contributed by atoms with Crippen molar-refractivity contribution in [2.45, 2.75) is 26.1 Å². The molecule has 0 saturated heterocycles. The third-order valence-electron chi connectivity index (χ3n) is 4.28. The quantitative estimate of drug-likeness (QED) is 0.746. The summed E-state index contributed by atoms with van der Waals surface area (Å²) in [5.74, 6) is -1.89. The summed E-state index contributed by atoms with van der Waals surface area (Å²) in [5, 5.41) is 0.465. The largest absolute Gasteiger partial charge is 0.471 e. The summed E-state index contributed by atoms with van der Waals surface area (Å²) >= 11 is 0. The van der Waals surface area contributed by atoms with Crippen LogP contribution in [0.5, 0.6) is 0 Å². The average Bonchev–Trinajstić information content (AvgIpc) is 2.50. The van der Waals surface area contributed by atoms with Crippen molar-refractivity contribution in [1.82, 2.24) is 9.47 Å². The third-order valence-corrected chi connectivity index (χ3v) is 4.28. The van der Waals surface area contributed by atoms with Crippen molar-refractivity contribution in [1.29, 1.82) is 0 Å². The van der Waals surface area contributed by atoms with Crippen molar-refractivity contribution in [2.24, 2.45) is 7.05 Å². The first-order chi connectivity index (χ1) is 10.7. The van der Waals surface area contributed by atoms with Gasteiger partial charge in [-0.3, -0.25) is 9.59 Å². The van der Waals surface area contributed by atoms with E-state index in [1.54, 1.807) is 13.1 Å². The van der Waals surface area contributed by atoms with Gasteiger partial charge in [0.05, 0.1) is 12.1 Å². The molecule has 2 aromatic rings. The Morgan fingerprint density at radius 2 is 1.96 bits per heavy atom. The van der Waals surface area contributed by atoms with Crippen molar-refractivity contribution in [3.05, 3.63) is 45.2 Å². The van der Waals surface area contributed by atoms with Crippen LogP contribution in [0.2, 0.25) is 0 Å². The predicted octanol–water partition coefficient (Wildman–Crippen LogP) is 2.29. The highest BCUT2D eigenvalue weighted by molar-refractivity contribution is 5.83. The number of nitrogens with zero attached hydrogens (tertiary/aromatic N) is 2. The first kappa shape index (κ1) is 15.6. The van der Waals surface area contributed by atoms with Crippen LogP contribution in [0.1, 0.15) is 16.8 Å². The first-order valence-corrected chi connectivity index (χ1v) is 7.17. The van der Waals surface area contributed by atoms with Crippen LogP contribution in [0.4, 0.5) is 13.2 Å². The standard InChI is InChI=1S/C16H15F3N2O2/c1-9-3-4-12-10(7-9)14(22)11-8-21(15(23)16(17,18)19)6-5-13(11)20(12)2/h3-4,7H,5-6,8H2,1-2H3. The second-order valence-electron chi connectivity index (χ2n) is 5.81. The van der Waals surface area contributed by atoms with Crippen LogP contribution in [-0.2, 0) is 24.8 Å². The molecule has 0 N–H and O–H groups in total. The molecule has 7 heteroatoms. The molecule has 0 radical (unpaired) electrons. The fourth-order valence-electron chi connectivity index (χ4n) is 3.11. The summed E-state index contributed by atoms with van der Waals surface area (Å²) in [6, 6.07) is 5.44. The van der Waals surface area contributed by atoms with Gasteiger partial charge in [-0.25, -0.2) is 0 Å². The molecule has 2 heterocycles. The highest BCUT2D eigenvalue weighted by Gasteiger charge is 2.43. The summed E-state index contributed by atoms with van der Waals surface area (Å²) in [7, 11) is 1.79. The molecule has 0 aliphatic carbocycles. The number of fused-ring (bicyclic) bond motifs is 2. The summed E-state index contributed by atoms with van der Waals surface area (Å²) in [5.41, 5.74) is 2.31. The number of benzene rings is 1. The zero-order chi connectivity index (χ0) is 16.9. The molecule has 0 unspecified atom stereocenters. The molecule has 23 heavy (non-hydrogen) atoms. The zero-order valence-corrected chi connectivity index (χ0v) is 12.7. The van der Waals surface area contributed by atoms with Gasteiger partial charge in [0.25, 0.3) is 0 Å². The van der Waals surface area contributed by atoms with Crippen LogP contribution in [0.3, 0.4) is 0 Å². The Hall–Kier alpha value is -2.31. The van der Waals surface area contributed by atoms with Gasteiger partial charge >= 0.3 is 12.1 Å². The second kappa shape index (κ2) is 5.11. The van der Waals surface area contributed by atoms with E-state index in [-0.39, 0.29) is 30.5 Å². The fourth-order valence-corrected chi connectivity index (χ4v) is 3.11. The molecule has 1 aromatic heterocycles. The molecular formula is C16H15F3N2O2. The van der Waals surface area contributed by atoms with Gasteiger partial charge in [0.15, 0.2) is 5.43 Å². The lowest BCUT2D eigenvalue weighted by atomic mass is 10.00. The Morgan fingerprint density at radius 3 is 2.61 bits per heavy atom. The minimum atomic E-state index is -4.92. The average molecular weight is 324 g/mol. The van der Waals surface area contributed by atoms with Gasteiger partial charge in [-0.15, -0.1) is 0 Å². The predicted molar refractivity (Wildman–Crippen MR) is 79.1 cm³/mol. The number of alkyl halides is 3. The maximum Gasteiger partial charge on any atom is 0.471 e. The molecule has 0 bridgehead atoms. The minimum Gasteiger partial charge on any atom is -0.347 e. The Labute approximate surface area is 130 Å². The zero-order valence-electron chi connectivity index (χ0n) is 12.7. The number of halogens is 3. The summed E-state index contributed by atoms with van der Waals surface area (Å²) in [6.07, 6.45) is -4.69. The molecule has 0 saturated carbocycles. The summed E-state index contributed by atoms with van der Waals surface area (Å²) in [6.45, 7) is 1.50. The molecule has 122 valence electrons. The van der Waals surface area contributed by atoms with Gasteiger partial charge in [-0.2, -0.15) is 13.2 Å². The number of rotatable bonds is 0. The Kier molecular flexibility index (Phi) is 3.46. The van der Waals surface area contributed by atoms with Crippen LogP contribution in [0.15, 0.2) is 23.0 Å². The third kappa shape index (κ3) is 2.50. The van der Waals surface area contributed by atoms with E-state index in [0.29, 0.717) is 16.0 Å². The van der Waals surface area contributed by atoms with Gasteiger partial charge in [0.1, 0.15) is 0 Å². The van der Waals surface area contributed by atoms with E-state index in [2.05, 4.69) is 0 Å². The summed E-state index contributed by atoms with van der Waals surface area (Å²) in [4.78, 5) is 24.8. The van der Waals surface area contributed by atoms with Crippen LogP contribution < -0.4 is 5.43 Å². The van der Waals surface area contributed by atoms with Crippen molar-refractivity contribution < 1.29 is 18.0 Å². The fraction of sp³-hybridized carbons (Fsp3) is 0.375. The van der Waals surface area contributed by atoms with E-state index >= 15 is 0 Å². The van der Waals surface area contributed by atoms with Crippen LogP contribution in [0.25, 0.3) is 10.9 Å². The number of carbonyl (C=O) groups is 1. The Morgan fingerprint density at radius 1 is 1.26 bits per heavy atom. The van der Waals surface area contributed by atoms with Gasteiger partial charge in [0, 0.05) is 36.7 Å². The van der Waals surface area contributed by atoms with Crippen LogP contribution in [-0.4, -0.2) is 28.1 Å². The normalized spacial score (nSPS) is 14.9. The number of aryl methyl sites for hydroxylation is 2. The van der Waals surface area contributed by atoms with E-state index in [0.717, 1.165) is 11.1 Å². The van der Waals surface area contributed by atoms with E-state index in [4.69, 9.17) is 0 Å². The smallest absolute Gasteiger partial charge is 0.347 e. The van der Waals surface area contributed by atoms with Gasteiger partial charge in [-0.1, -0.05) is 11.6 Å². The molecule has 4 nitrogen and oxygen atoms in total. The van der Waals surface area contributed by atoms with Crippen molar-refractivity contribution in [3.63, 3.8) is 0 Å². The van der Waals surface area contributed by atoms with E-state index in [1.165, 1.54) is 0 Å². The number of aromatic nitrogens is 1. The molecule has 1 amide bonds. The Balaban J connectivity index is 2.15. The van der Waals surface area contributed by atoms with E-state index < -0.39 is 12.1 Å². The SMILES string of the molecule is Cc1ccc2c(c1)c(=O)c1c(n2C)CCN(C(=O)C(F)(F)F)C1. The Bertz CT molecular complexity index is 868. The number of carbonyl (C=O) groups excluding carboxylic acids is 1. The topological polar surface area (TPSA) is 42.3 Å². The molecule has 3 rings (SSSR count). The second-order valence-corrected chi connectivity index (χ2v) is 5.81. The van der Waals surface area contributed by atoms with Crippen LogP contribution in [0, 0.1) is 6.92 Å². The summed E-state index contributed by atoms with van der Waals surface area (Å²) < 4.78 is 39.7. The van der Waals surface area contributed by atoms with Crippen molar-refractivity contribution in [2.75, 3.05) is 6.54 Å². The van der Waals surface area contributed by atoms with Crippen LogP contribution >= 0.6 is 0 Å². The lowest BCUT2D eigenvalue weighted by Crippen LogP contribution is -2.45. The van der Waals surface area contributed by atoms with Gasteiger partial charge < -0.3 is 9.47 Å². The molecule has 0 fully saturated rings. The van der Waals surface area contributed by atoms with Crippen molar-refractivity contribution in [3.8, 4) is 0 Å². The number of amides is 1. The van der Waals surface area contributed by atoms with Gasteiger partial charge in [-0.05, 0) is 19.1 Å². The van der Waals surface area contributed by atoms with E-state index in [9.17, 15) is 22.8 Å². The van der Waals surface area contributed by atoms with Crippen molar-refractivity contribution >= 4 is 16.8 Å². The highest BCUT2D eigenvalue weighted by atomic mass is 19.4. The number of hydrogen-bond acceptors (Lipinski definition) is 2. The number of hydrogen-bond donors (Lipinski definition) is 0. The molecule has 1 aliphatic rings. The molecule has 1 aliphatic heterocycles. The lowest BCUT2D eigenvalue weighted by Gasteiger charge is -2.30. The first-order valence-electron chi connectivity index (χ1n) is 7.17. The minimum absolute atomic E-state index is 0.0456. The van der Waals surface area contributed by atoms with E-state index in [1.807, 2.05) is 23.6 Å². The van der Waals surface area contributed by atoms with Gasteiger partial charge in [0.2, 0.25) is 0 Å². The number of pyridine rings is 1. The molecule has 0 spiro atoms. The molecule has 0 atom stereocenters. The molecule has 1 aromatic carbocycles.